The highest BCUT2D eigenvalue weighted by Gasteiger charge is 2.55. The third-order valence-electron chi connectivity index (χ3n) is 7.70. The van der Waals surface area contributed by atoms with E-state index in [0.717, 1.165) is 69.1 Å². The molecule has 0 amide bonds. The number of fused-ring (bicyclic) bond motifs is 1. The Kier molecular flexibility index (Phi) is 4.01. The quantitative estimate of drug-likeness (QED) is 0.532. The van der Waals surface area contributed by atoms with Crippen molar-refractivity contribution in [1.29, 1.82) is 0 Å². The maximum Gasteiger partial charge on any atom is 0.181 e. The van der Waals surface area contributed by atoms with E-state index >= 15 is 0 Å². The Morgan fingerprint density at radius 3 is 2.40 bits per heavy atom. The number of pyridine rings is 1. The summed E-state index contributed by atoms with van der Waals surface area (Å²) >= 11 is 1.48. The number of nitrogens with zero attached hydrogens (tertiary/aromatic N) is 1. The number of thiophene rings is 1. The first-order chi connectivity index (χ1) is 14.6. The average Bonchev–Trinajstić information content (AvgIpc) is 3.08. The van der Waals surface area contributed by atoms with Crippen molar-refractivity contribution >= 4 is 33.0 Å². The van der Waals surface area contributed by atoms with Gasteiger partial charge in [0.25, 0.3) is 0 Å². The number of hydrogen-bond acceptors (Lipinski definition) is 5. The summed E-state index contributed by atoms with van der Waals surface area (Å²) in [6, 6.07) is 11.9. The molecule has 0 saturated heterocycles. The molecule has 5 heteroatoms. The van der Waals surface area contributed by atoms with E-state index in [9.17, 15) is 4.79 Å². The number of carbonyl (C=O) groups excluding carboxylic acids is 1. The summed E-state index contributed by atoms with van der Waals surface area (Å²) in [6.07, 6.45) is 7.18. The Morgan fingerprint density at radius 2 is 1.73 bits per heavy atom. The highest BCUT2D eigenvalue weighted by Crippen LogP contribution is 2.61. The summed E-state index contributed by atoms with van der Waals surface area (Å²) in [5.41, 5.74) is 8.77. The van der Waals surface area contributed by atoms with Gasteiger partial charge >= 0.3 is 0 Å². The molecule has 0 aliphatic heterocycles. The molecule has 4 nitrogen and oxygen atoms in total. The van der Waals surface area contributed by atoms with Crippen molar-refractivity contribution in [1.82, 2.24) is 4.98 Å². The maximum absolute atomic E-state index is 13.8. The molecule has 0 radical (unpaired) electrons. The average molecular weight is 419 g/mol. The topological polar surface area (TPSA) is 65.2 Å². The standard InChI is InChI=1S/C25H26N2O2S/c1-29-20-5-3-2-4-17(20)19-7-6-18-21(26)22(30-24(18)27-19)23(28)25-11-14-8-15(12-25)10-16(9-14)13-25/h2-7,14-16H,8-13,26H2,1H3. The maximum atomic E-state index is 13.8. The molecular weight excluding hydrogens is 392 g/mol. The molecule has 0 spiro atoms. The minimum absolute atomic E-state index is 0.171. The molecule has 4 aliphatic rings. The number of carbonyl (C=O) groups is 1. The number of Topliss-reactive ketones (excluding diaryl/α,β-unsaturated/α-hetero) is 1. The van der Waals surface area contributed by atoms with Crippen LogP contribution in [0.1, 0.15) is 48.2 Å². The highest BCUT2D eigenvalue weighted by atomic mass is 32.1. The first-order valence-electron chi connectivity index (χ1n) is 10.9. The van der Waals surface area contributed by atoms with E-state index in [4.69, 9.17) is 15.5 Å². The molecule has 4 fully saturated rings. The first-order valence-corrected chi connectivity index (χ1v) is 11.8. The lowest BCUT2D eigenvalue weighted by molar-refractivity contribution is -0.0350. The van der Waals surface area contributed by atoms with Gasteiger partial charge in [-0.05, 0) is 80.5 Å². The van der Waals surface area contributed by atoms with Gasteiger partial charge in [-0.3, -0.25) is 4.79 Å². The fourth-order valence-corrected chi connectivity index (χ4v) is 7.96. The molecule has 0 unspecified atom stereocenters. The van der Waals surface area contributed by atoms with Crippen LogP contribution < -0.4 is 10.5 Å². The van der Waals surface area contributed by atoms with Gasteiger partial charge in [-0.2, -0.15) is 0 Å². The zero-order valence-electron chi connectivity index (χ0n) is 17.2. The van der Waals surface area contributed by atoms with Gasteiger partial charge in [0.15, 0.2) is 5.78 Å². The van der Waals surface area contributed by atoms with Crippen molar-refractivity contribution in [3.05, 3.63) is 41.3 Å². The van der Waals surface area contributed by atoms with E-state index in [1.54, 1.807) is 7.11 Å². The lowest BCUT2D eigenvalue weighted by Gasteiger charge is -2.55. The van der Waals surface area contributed by atoms with Crippen molar-refractivity contribution in [2.24, 2.45) is 23.2 Å². The summed E-state index contributed by atoms with van der Waals surface area (Å²) < 4.78 is 5.50. The molecule has 2 aromatic heterocycles. The van der Waals surface area contributed by atoms with Crippen LogP contribution in [0.25, 0.3) is 21.5 Å². The predicted molar refractivity (Wildman–Crippen MR) is 121 cm³/mol. The second-order valence-corrected chi connectivity index (χ2v) is 10.6. The van der Waals surface area contributed by atoms with Crippen molar-refractivity contribution in [3.63, 3.8) is 0 Å². The van der Waals surface area contributed by atoms with Crippen LogP contribution in [0.2, 0.25) is 0 Å². The molecule has 3 aromatic rings. The molecule has 4 bridgehead atoms. The third-order valence-corrected chi connectivity index (χ3v) is 8.82. The number of nitrogen functional groups attached to an aromatic ring is 1. The largest absolute Gasteiger partial charge is 0.496 e. The third kappa shape index (κ3) is 2.64. The predicted octanol–water partition coefficient (Wildman–Crippen LogP) is 5.95. The SMILES string of the molecule is COc1ccccc1-c1ccc2c(N)c(C(=O)C34CC5CC(CC(C5)C3)C4)sc2n1. The Morgan fingerprint density at radius 1 is 1.07 bits per heavy atom. The Labute approximate surface area is 180 Å². The van der Waals surface area contributed by atoms with E-state index in [1.807, 2.05) is 36.4 Å². The smallest absolute Gasteiger partial charge is 0.181 e. The number of ketones is 1. The van der Waals surface area contributed by atoms with Crippen molar-refractivity contribution in [2.75, 3.05) is 12.8 Å². The number of anilines is 1. The highest BCUT2D eigenvalue weighted by molar-refractivity contribution is 7.21. The van der Waals surface area contributed by atoms with Crippen LogP contribution in [0.5, 0.6) is 5.75 Å². The van der Waals surface area contributed by atoms with Crippen LogP contribution in [0.15, 0.2) is 36.4 Å². The van der Waals surface area contributed by atoms with Crippen LogP contribution in [0.4, 0.5) is 5.69 Å². The second-order valence-electron chi connectivity index (χ2n) is 9.62. The lowest BCUT2D eigenvalue weighted by atomic mass is 9.48. The number of rotatable bonds is 4. The van der Waals surface area contributed by atoms with Gasteiger partial charge in [0.05, 0.1) is 23.4 Å². The summed E-state index contributed by atoms with van der Waals surface area (Å²) in [4.78, 5) is 20.3. The molecule has 7 rings (SSSR count). The fourth-order valence-electron chi connectivity index (χ4n) is 6.80. The minimum Gasteiger partial charge on any atom is -0.496 e. The summed E-state index contributed by atoms with van der Waals surface area (Å²) in [5.74, 6) is 3.31. The molecule has 1 aromatic carbocycles. The minimum atomic E-state index is -0.171. The van der Waals surface area contributed by atoms with Crippen LogP contribution >= 0.6 is 11.3 Å². The van der Waals surface area contributed by atoms with Crippen LogP contribution in [-0.2, 0) is 0 Å². The molecule has 2 heterocycles. The molecule has 4 saturated carbocycles. The summed E-state index contributed by atoms with van der Waals surface area (Å²) in [7, 11) is 1.67. The molecule has 0 atom stereocenters. The Balaban J connectivity index is 1.41. The number of ether oxygens (including phenoxy) is 1. The van der Waals surface area contributed by atoms with Gasteiger partial charge in [0.1, 0.15) is 10.6 Å². The first kappa shape index (κ1) is 18.4. The molecule has 30 heavy (non-hydrogen) atoms. The summed E-state index contributed by atoms with van der Waals surface area (Å²) in [5, 5.41) is 0.895. The van der Waals surface area contributed by atoms with Gasteiger partial charge in [0.2, 0.25) is 0 Å². The van der Waals surface area contributed by atoms with Crippen molar-refractivity contribution < 1.29 is 9.53 Å². The van der Waals surface area contributed by atoms with Gasteiger partial charge < -0.3 is 10.5 Å². The van der Waals surface area contributed by atoms with Crippen molar-refractivity contribution in [3.8, 4) is 17.0 Å². The molecule has 4 aliphatic carbocycles. The fraction of sp³-hybridized carbons (Fsp3) is 0.440. The van der Waals surface area contributed by atoms with Gasteiger partial charge in [-0.15, -0.1) is 11.3 Å². The van der Waals surface area contributed by atoms with E-state index < -0.39 is 0 Å². The van der Waals surface area contributed by atoms with Crippen LogP contribution in [-0.4, -0.2) is 17.9 Å². The number of para-hydroxylation sites is 1. The number of aromatic nitrogens is 1. The number of benzene rings is 1. The van der Waals surface area contributed by atoms with E-state index in [-0.39, 0.29) is 5.41 Å². The van der Waals surface area contributed by atoms with Crippen LogP contribution in [0, 0.1) is 23.2 Å². The van der Waals surface area contributed by atoms with E-state index in [1.165, 1.54) is 30.6 Å². The summed E-state index contributed by atoms with van der Waals surface area (Å²) in [6.45, 7) is 0. The van der Waals surface area contributed by atoms with Crippen LogP contribution in [0.3, 0.4) is 0 Å². The number of methoxy groups -OCH3 is 1. The zero-order chi connectivity index (χ0) is 20.5. The second kappa shape index (κ2) is 6.55. The number of nitrogens with two attached hydrogens (primary N) is 1. The lowest BCUT2D eigenvalue weighted by Crippen LogP contribution is -2.49. The molecular formula is C25H26N2O2S. The molecule has 2 N–H and O–H groups in total. The zero-order valence-corrected chi connectivity index (χ0v) is 18.0. The van der Waals surface area contributed by atoms with Gasteiger partial charge in [0, 0.05) is 16.4 Å². The van der Waals surface area contributed by atoms with Crippen molar-refractivity contribution in [2.45, 2.75) is 38.5 Å². The normalized spacial score (nSPS) is 29.4. The van der Waals surface area contributed by atoms with E-state index in [2.05, 4.69) is 0 Å². The van der Waals surface area contributed by atoms with Gasteiger partial charge in [-0.25, -0.2) is 4.98 Å². The Bertz CT molecular complexity index is 1130. The molecule has 154 valence electrons. The monoisotopic (exact) mass is 418 g/mol. The van der Waals surface area contributed by atoms with Gasteiger partial charge in [-0.1, -0.05) is 12.1 Å². The number of hydrogen-bond donors (Lipinski definition) is 1. The Hall–Kier alpha value is -2.40. The van der Waals surface area contributed by atoms with E-state index in [0.29, 0.717) is 11.5 Å².